The molecule has 1 aliphatic rings. The van der Waals surface area contributed by atoms with Gasteiger partial charge in [0.2, 0.25) is 5.76 Å². The van der Waals surface area contributed by atoms with Crippen molar-refractivity contribution in [2.45, 2.75) is 13.2 Å². The van der Waals surface area contributed by atoms with Gasteiger partial charge in [-0.1, -0.05) is 24.3 Å². The number of carbonyl (C=O) groups excluding carboxylic acids is 3. The van der Waals surface area contributed by atoms with Crippen molar-refractivity contribution >= 4 is 24.0 Å². The van der Waals surface area contributed by atoms with Gasteiger partial charge in [-0.3, -0.25) is 9.69 Å². The first-order valence-corrected chi connectivity index (χ1v) is 10.5. The molecule has 9 nitrogen and oxygen atoms in total. The molecule has 0 radical (unpaired) electrons. The summed E-state index contributed by atoms with van der Waals surface area (Å²) in [6, 6.07) is 13.3. The number of imide groups is 1. The number of nitrogens with one attached hydrogen (secondary N) is 1. The average molecular weight is 480 g/mol. The number of furan rings is 1. The van der Waals surface area contributed by atoms with Crippen molar-refractivity contribution < 1.29 is 37.4 Å². The van der Waals surface area contributed by atoms with Crippen LogP contribution in [0, 0.1) is 5.82 Å². The van der Waals surface area contributed by atoms with E-state index in [2.05, 4.69) is 10.1 Å². The quantitative estimate of drug-likeness (QED) is 0.296. The molecule has 0 atom stereocenters. The normalized spacial score (nSPS) is 14.3. The molecule has 10 heteroatoms. The number of carbonyl (C=O) groups is 3. The van der Waals surface area contributed by atoms with Crippen molar-refractivity contribution in [3.63, 3.8) is 0 Å². The zero-order chi connectivity index (χ0) is 24.9. The lowest BCUT2D eigenvalue weighted by molar-refractivity contribution is -0.123. The Hall–Kier alpha value is -4.60. The van der Waals surface area contributed by atoms with Crippen molar-refractivity contribution in [3.05, 3.63) is 88.8 Å². The van der Waals surface area contributed by atoms with Crippen LogP contribution in [-0.4, -0.2) is 37.0 Å². The summed E-state index contributed by atoms with van der Waals surface area (Å²) in [5.41, 5.74) is 0.847. The third-order valence-electron chi connectivity index (χ3n) is 5.17. The van der Waals surface area contributed by atoms with Crippen LogP contribution in [0.2, 0.25) is 0 Å². The molecule has 35 heavy (non-hydrogen) atoms. The number of ether oxygens (including phenoxy) is 3. The molecule has 1 fully saturated rings. The minimum Gasteiger partial charge on any atom is -0.493 e. The molecule has 1 aromatic heterocycles. The summed E-state index contributed by atoms with van der Waals surface area (Å²) in [6.07, 6.45) is 1.49. The first kappa shape index (κ1) is 23.6. The molecule has 0 unspecified atom stereocenters. The Morgan fingerprint density at radius 1 is 1.09 bits per heavy atom. The van der Waals surface area contributed by atoms with E-state index in [0.717, 1.165) is 4.90 Å². The molecule has 1 N–H and O–H groups in total. The fraction of sp³-hybridized carbons (Fsp3) is 0.160. The van der Waals surface area contributed by atoms with E-state index >= 15 is 0 Å². The van der Waals surface area contributed by atoms with Crippen LogP contribution < -0.4 is 14.8 Å². The number of rotatable bonds is 8. The van der Waals surface area contributed by atoms with Crippen molar-refractivity contribution in [3.8, 4) is 11.5 Å². The predicted octanol–water partition coefficient (Wildman–Crippen LogP) is 3.89. The molecule has 0 spiro atoms. The van der Waals surface area contributed by atoms with Gasteiger partial charge in [0.05, 0.1) is 20.8 Å². The lowest BCUT2D eigenvalue weighted by atomic mass is 10.1. The highest BCUT2D eigenvalue weighted by molar-refractivity contribution is 6.13. The van der Waals surface area contributed by atoms with Crippen LogP contribution in [0.25, 0.3) is 6.08 Å². The molecule has 1 aliphatic heterocycles. The Balaban J connectivity index is 1.46. The number of halogens is 1. The fourth-order valence-corrected chi connectivity index (χ4v) is 3.39. The summed E-state index contributed by atoms with van der Waals surface area (Å²) in [5, 5.41) is 2.51. The van der Waals surface area contributed by atoms with Crippen molar-refractivity contribution in [1.82, 2.24) is 10.2 Å². The highest BCUT2D eigenvalue weighted by Crippen LogP contribution is 2.30. The summed E-state index contributed by atoms with van der Waals surface area (Å²) in [5.74, 6) is -0.418. The largest absolute Gasteiger partial charge is 0.493 e. The van der Waals surface area contributed by atoms with E-state index < -0.39 is 23.7 Å². The van der Waals surface area contributed by atoms with Gasteiger partial charge in [-0.2, -0.15) is 0 Å². The Bertz CT molecular complexity index is 1310. The lowest BCUT2D eigenvalue weighted by Crippen LogP contribution is -2.30. The fourth-order valence-electron chi connectivity index (χ4n) is 3.39. The molecule has 180 valence electrons. The zero-order valence-electron chi connectivity index (χ0n) is 18.9. The van der Waals surface area contributed by atoms with E-state index in [1.165, 1.54) is 44.6 Å². The molecule has 2 aromatic carbocycles. The highest BCUT2D eigenvalue weighted by atomic mass is 19.1. The molecule has 2 heterocycles. The maximum Gasteiger partial charge on any atom is 0.373 e. The van der Waals surface area contributed by atoms with Gasteiger partial charge in [0.1, 0.15) is 23.9 Å². The Labute approximate surface area is 199 Å². The maximum absolute atomic E-state index is 14.0. The van der Waals surface area contributed by atoms with Crippen LogP contribution in [0.3, 0.4) is 0 Å². The van der Waals surface area contributed by atoms with Gasteiger partial charge < -0.3 is 23.9 Å². The molecule has 4 rings (SSSR count). The van der Waals surface area contributed by atoms with Crippen LogP contribution in [-0.2, 0) is 22.7 Å². The molecular formula is C25H21FN2O7. The van der Waals surface area contributed by atoms with Crippen LogP contribution in [0.4, 0.5) is 9.18 Å². The second kappa shape index (κ2) is 10.1. The minimum absolute atomic E-state index is 0.0351. The van der Waals surface area contributed by atoms with Gasteiger partial charge in [-0.15, -0.1) is 0 Å². The van der Waals surface area contributed by atoms with Gasteiger partial charge in [0.15, 0.2) is 11.5 Å². The monoisotopic (exact) mass is 480 g/mol. The number of methoxy groups -OCH3 is 2. The van der Waals surface area contributed by atoms with Gasteiger partial charge in [0, 0.05) is 5.56 Å². The lowest BCUT2D eigenvalue weighted by Gasteiger charge is -2.12. The van der Waals surface area contributed by atoms with Crippen LogP contribution in [0.5, 0.6) is 11.5 Å². The molecule has 0 bridgehead atoms. The molecule has 3 aromatic rings. The zero-order valence-corrected chi connectivity index (χ0v) is 18.9. The van der Waals surface area contributed by atoms with E-state index in [-0.39, 0.29) is 30.2 Å². The number of amides is 3. The number of nitrogens with zero attached hydrogens (tertiary/aromatic N) is 1. The summed E-state index contributed by atoms with van der Waals surface area (Å²) in [4.78, 5) is 37.5. The highest BCUT2D eigenvalue weighted by Gasteiger charge is 2.34. The third kappa shape index (κ3) is 5.16. The SMILES string of the molecule is COC(=O)c1ccc(COc2ccc(/C=C3/NC(=O)N(Cc4ccccc4F)C3=O)cc2OC)o1. The summed E-state index contributed by atoms with van der Waals surface area (Å²) >= 11 is 0. The summed E-state index contributed by atoms with van der Waals surface area (Å²) in [6.45, 7) is -0.150. The van der Waals surface area contributed by atoms with E-state index in [1.54, 1.807) is 30.3 Å². The van der Waals surface area contributed by atoms with Gasteiger partial charge in [-0.25, -0.2) is 14.0 Å². The topological polar surface area (TPSA) is 107 Å². The Morgan fingerprint density at radius 3 is 2.63 bits per heavy atom. The number of hydrogen-bond donors (Lipinski definition) is 1. The summed E-state index contributed by atoms with van der Waals surface area (Å²) < 4.78 is 35.0. The van der Waals surface area contributed by atoms with Gasteiger partial charge in [-0.05, 0) is 42.0 Å². The summed E-state index contributed by atoms with van der Waals surface area (Å²) in [7, 11) is 2.72. The number of hydrogen-bond acceptors (Lipinski definition) is 7. The standard InChI is InChI=1S/C25H21FN2O7/c1-32-22-12-15(7-9-20(22)34-14-17-8-10-21(35-17)24(30)33-2)11-19-23(29)28(25(31)27-19)13-16-5-3-4-6-18(16)26/h3-12H,13-14H2,1-2H3,(H,27,31)/b19-11+. The van der Waals surface area contributed by atoms with Crippen LogP contribution >= 0.6 is 0 Å². The second-order valence-corrected chi connectivity index (χ2v) is 7.43. The first-order valence-electron chi connectivity index (χ1n) is 10.5. The smallest absolute Gasteiger partial charge is 0.373 e. The van der Waals surface area contributed by atoms with E-state index in [1.807, 2.05) is 0 Å². The van der Waals surface area contributed by atoms with Crippen molar-refractivity contribution in [2.24, 2.45) is 0 Å². The van der Waals surface area contributed by atoms with E-state index in [0.29, 0.717) is 22.8 Å². The van der Waals surface area contributed by atoms with Gasteiger partial charge in [0.25, 0.3) is 5.91 Å². The van der Waals surface area contributed by atoms with Crippen molar-refractivity contribution in [2.75, 3.05) is 14.2 Å². The van der Waals surface area contributed by atoms with E-state index in [9.17, 15) is 18.8 Å². The van der Waals surface area contributed by atoms with Crippen LogP contribution in [0.1, 0.15) is 27.4 Å². The third-order valence-corrected chi connectivity index (χ3v) is 5.17. The van der Waals surface area contributed by atoms with Crippen LogP contribution in [0.15, 0.2) is 64.7 Å². The Kier molecular flexibility index (Phi) is 6.81. The minimum atomic E-state index is -0.638. The number of benzene rings is 2. The second-order valence-electron chi connectivity index (χ2n) is 7.43. The molecule has 0 aliphatic carbocycles. The Morgan fingerprint density at radius 2 is 1.89 bits per heavy atom. The molecule has 1 saturated heterocycles. The average Bonchev–Trinajstić information content (AvgIpc) is 3.44. The molecule has 0 saturated carbocycles. The first-order chi connectivity index (χ1) is 16.9. The predicted molar refractivity (Wildman–Crippen MR) is 121 cm³/mol. The maximum atomic E-state index is 14.0. The van der Waals surface area contributed by atoms with Crippen molar-refractivity contribution in [1.29, 1.82) is 0 Å². The number of esters is 1. The van der Waals surface area contributed by atoms with Gasteiger partial charge >= 0.3 is 12.0 Å². The molecule has 3 amide bonds. The molecular weight excluding hydrogens is 459 g/mol. The van der Waals surface area contributed by atoms with E-state index in [4.69, 9.17) is 13.9 Å². The number of urea groups is 1.